The molecule has 0 aliphatic carbocycles. The van der Waals surface area contributed by atoms with Crippen LogP contribution < -0.4 is 14.4 Å². The van der Waals surface area contributed by atoms with Gasteiger partial charge in [-0.15, -0.1) is 0 Å². The molecule has 0 aromatic heterocycles. The number of amides is 2. The molecule has 0 heterocycles. The fourth-order valence-electron chi connectivity index (χ4n) is 4.02. The second kappa shape index (κ2) is 14.8. The smallest absolute Gasteiger partial charge is 0.264 e. The maximum atomic E-state index is 14.0. The normalized spacial score (nSPS) is 12.7. The van der Waals surface area contributed by atoms with Gasteiger partial charge in [-0.2, -0.15) is 0 Å². The summed E-state index contributed by atoms with van der Waals surface area (Å²) in [7, 11) is -4.16. The number of nitrogens with zero attached hydrogens (tertiary/aromatic N) is 2. The summed E-state index contributed by atoms with van der Waals surface area (Å²) < 4.78 is 36.0. The minimum absolute atomic E-state index is 0.0310. The summed E-state index contributed by atoms with van der Waals surface area (Å²) in [5.41, 5.74) is 1.09. The second-order valence-corrected chi connectivity index (χ2v) is 13.2. The van der Waals surface area contributed by atoms with Crippen molar-refractivity contribution in [1.82, 2.24) is 10.2 Å². The third kappa shape index (κ3) is 8.80. The highest BCUT2D eigenvalue weighted by Gasteiger charge is 2.33. The molecule has 0 bridgehead atoms. The number of carbonyl (C=O) groups excluding carboxylic acids is 2. The monoisotopic (exact) mass is 707 g/mol. The first-order chi connectivity index (χ1) is 19.5. The molecule has 2 amide bonds. The number of anilines is 1. The average Bonchev–Trinajstić information content (AvgIpc) is 2.95. The Balaban J connectivity index is 2.03. The first kappa shape index (κ1) is 32.6. The fraction of sp³-hybridized carbons (Fsp3) is 0.333. The molecule has 0 unspecified atom stereocenters. The van der Waals surface area contributed by atoms with E-state index in [-0.39, 0.29) is 23.4 Å². The van der Waals surface area contributed by atoms with Gasteiger partial charge < -0.3 is 15.0 Å². The number of halogens is 2. The Morgan fingerprint density at radius 2 is 1.59 bits per heavy atom. The van der Waals surface area contributed by atoms with Crippen molar-refractivity contribution in [1.29, 1.82) is 0 Å². The molecule has 3 rings (SSSR count). The van der Waals surface area contributed by atoms with E-state index in [4.69, 9.17) is 4.74 Å². The first-order valence-electron chi connectivity index (χ1n) is 13.3. The van der Waals surface area contributed by atoms with Crippen molar-refractivity contribution in [2.24, 2.45) is 0 Å². The molecular weight excluding hydrogens is 674 g/mol. The lowest BCUT2D eigenvalue weighted by Crippen LogP contribution is -2.52. The summed E-state index contributed by atoms with van der Waals surface area (Å²) >= 11 is 6.80. The van der Waals surface area contributed by atoms with Crippen LogP contribution in [0.4, 0.5) is 5.69 Å². The molecule has 3 aromatic carbocycles. The molecule has 2 atom stereocenters. The third-order valence-electron chi connectivity index (χ3n) is 6.53. The molecule has 0 saturated carbocycles. The van der Waals surface area contributed by atoms with E-state index in [9.17, 15) is 18.0 Å². The van der Waals surface area contributed by atoms with Crippen LogP contribution in [-0.2, 0) is 26.2 Å². The van der Waals surface area contributed by atoms with E-state index in [1.165, 1.54) is 17.0 Å². The van der Waals surface area contributed by atoms with Crippen molar-refractivity contribution in [2.45, 2.75) is 57.6 Å². The minimum Gasteiger partial charge on any atom is -0.494 e. The lowest BCUT2D eigenvalue weighted by Gasteiger charge is -2.32. The van der Waals surface area contributed by atoms with Crippen molar-refractivity contribution in [2.75, 3.05) is 17.5 Å². The van der Waals surface area contributed by atoms with E-state index in [0.29, 0.717) is 18.0 Å². The van der Waals surface area contributed by atoms with E-state index >= 15 is 0 Å². The lowest BCUT2D eigenvalue weighted by atomic mass is 10.1. The topological polar surface area (TPSA) is 96.0 Å². The Hall–Kier alpha value is -2.89. The van der Waals surface area contributed by atoms with Gasteiger partial charge in [-0.25, -0.2) is 8.42 Å². The van der Waals surface area contributed by atoms with Gasteiger partial charge in [-0.05, 0) is 93.4 Å². The molecule has 0 aliphatic heterocycles. The van der Waals surface area contributed by atoms with Crippen molar-refractivity contribution >= 4 is 59.4 Å². The van der Waals surface area contributed by atoms with Gasteiger partial charge in [0.15, 0.2) is 0 Å². The molecule has 0 radical (unpaired) electrons. The Morgan fingerprint density at radius 3 is 2.17 bits per heavy atom. The van der Waals surface area contributed by atoms with Crippen LogP contribution in [0.25, 0.3) is 0 Å². The van der Waals surface area contributed by atoms with Crippen molar-refractivity contribution < 1.29 is 22.7 Å². The number of sulfonamides is 1. The van der Waals surface area contributed by atoms with Crippen LogP contribution in [0.3, 0.4) is 0 Å². The predicted octanol–water partition coefficient (Wildman–Crippen LogP) is 6.14. The van der Waals surface area contributed by atoms with Crippen molar-refractivity contribution in [3.8, 4) is 5.75 Å². The number of hydrogen-bond donors (Lipinski definition) is 1. The molecule has 3 aromatic rings. The molecule has 0 fully saturated rings. The van der Waals surface area contributed by atoms with Gasteiger partial charge in [-0.1, -0.05) is 50.9 Å². The van der Waals surface area contributed by atoms with Gasteiger partial charge >= 0.3 is 0 Å². The van der Waals surface area contributed by atoms with E-state index in [2.05, 4.69) is 37.2 Å². The summed E-state index contributed by atoms with van der Waals surface area (Å²) in [6.07, 6.45) is 0.731. The zero-order valence-electron chi connectivity index (χ0n) is 23.5. The molecule has 0 saturated heterocycles. The molecule has 41 heavy (non-hydrogen) atoms. The SMILES string of the molecule is CCOc1ccc(N(CC(=O)N(Cc2cccc(Br)c2)[C@@H](C)C(=O)N[C@@H](C)CC)S(=O)(=O)c2ccc(Br)cc2)cc1. The molecule has 0 spiro atoms. The highest BCUT2D eigenvalue weighted by molar-refractivity contribution is 9.10. The molecular formula is C30H35Br2N3O5S. The van der Waals surface area contributed by atoms with E-state index in [0.717, 1.165) is 25.2 Å². The Bertz CT molecular complexity index is 1430. The van der Waals surface area contributed by atoms with E-state index in [1.807, 2.05) is 45.0 Å². The molecule has 11 heteroatoms. The highest BCUT2D eigenvalue weighted by atomic mass is 79.9. The number of benzene rings is 3. The first-order valence-corrected chi connectivity index (χ1v) is 16.3. The van der Waals surface area contributed by atoms with Gasteiger partial charge in [0.2, 0.25) is 11.8 Å². The largest absolute Gasteiger partial charge is 0.494 e. The number of carbonyl (C=O) groups is 2. The highest BCUT2D eigenvalue weighted by Crippen LogP contribution is 2.27. The van der Waals surface area contributed by atoms with Gasteiger partial charge in [-0.3, -0.25) is 13.9 Å². The second-order valence-electron chi connectivity index (χ2n) is 9.54. The van der Waals surface area contributed by atoms with Crippen LogP contribution in [0.15, 0.2) is 86.6 Å². The van der Waals surface area contributed by atoms with Crippen LogP contribution in [0.5, 0.6) is 5.75 Å². The Morgan fingerprint density at radius 1 is 0.927 bits per heavy atom. The van der Waals surface area contributed by atoms with Crippen LogP contribution in [0.1, 0.15) is 39.7 Å². The summed E-state index contributed by atoms with van der Waals surface area (Å²) in [6.45, 7) is 7.42. The number of nitrogens with one attached hydrogen (secondary N) is 1. The lowest BCUT2D eigenvalue weighted by molar-refractivity contribution is -0.139. The average molecular weight is 710 g/mol. The van der Waals surface area contributed by atoms with Gasteiger partial charge in [0.25, 0.3) is 10.0 Å². The number of ether oxygens (including phenoxy) is 1. The maximum absolute atomic E-state index is 14.0. The summed E-state index contributed by atoms with van der Waals surface area (Å²) in [6, 6.07) is 19.2. The number of hydrogen-bond acceptors (Lipinski definition) is 5. The van der Waals surface area contributed by atoms with Crippen molar-refractivity contribution in [3.63, 3.8) is 0 Å². The Labute approximate surface area is 259 Å². The fourth-order valence-corrected chi connectivity index (χ4v) is 6.14. The molecule has 220 valence electrons. The number of rotatable bonds is 13. The zero-order chi connectivity index (χ0) is 30.2. The summed E-state index contributed by atoms with van der Waals surface area (Å²) in [5, 5.41) is 2.93. The van der Waals surface area contributed by atoms with Gasteiger partial charge in [0.1, 0.15) is 18.3 Å². The molecule has 0 aliphatic rings. The predicted molar refractivity (Wildman–Crippen MR) is 168 cm³/mol. The minimum atomic E-state index is -4.16. The quantitative estimate of drug-likeness (QED) is 0.230. The molecule has 8 nitrogen and oxygen atoms in total. The Kier molecular flexibility index (Phi) is 11.8. The maximum Gasteiger partial charge on any atom is 0.264 e. The van der Waals surface area contributed by atoms with Gasteiger partial charge in [0.05, 0.1) is 17.2 Å². The summed E-state index contributed by atoms with van der Waals surface area (Å²) in [5.74, 6) is -0.257. The zero-order valence-corrected chi connectivity index (χ0v) is 27.5. The summed E-state index contributed by atoms with van der Waals surface area (Å²) in [4.78, 5) is 28.6. The van der Waals surface area contributed by atoms with Crippen LogP contribution >= 0.6 is 31.9 Å². The molecule has 1 N–H and O–H groups in total. The van der Waals surface area contributed by atoms with Crippen LogP contribution in [0.2, 0.25) is 0 Å². The third-order valence-corrected chi connectivity index (χ3v) is 9.34. The van der Waals surface area contributed by atoms with E-state index < -0.39 is 28.5 Å². The van der Waals surface area contributed by atoms with Crippen LogP contribution in [0, 0.1) is 0 Å². The van der Waals surface area contributed by atoms with Crippen LogP contribution in [-0.4, -0.2) is 50.4 Å². The van der Waals surface area contributed by atoms with Crippen molar-refractivity contribution in [3.05, 3.63) is 87.3 Å². The van der Waals surface area contributed by atoms with E-state index in [1.54, 1.807) is 43.3 Å². The standard InChI is InChI=1S/C30H35Br2N3O5S/c1-5-21(3)33-30(37)22(4)34(19-23-8-7-9-25(32)18-23)29(36)20-35(26-12-14-27(15-13-26)40-6-2)41(38,39)28-16-10-24(31)11-17-28/h7-18,21-22H,5-6,19-20H2,1-4H3,(H,33,37)/t21-,22-/m0/s1. The van der Waals surface area contributed by atoms with Gasteiger partial charge in [0, 0.05) is 21.5 Å².